The molecule has 0 saturated heterocycles. The van der Waals surface area contributed by atoms with E-state index in [1.54, 1.807) is 0 Å². The Bertz CT molecular complexity index is 1060. The minimum Gasteiger partial charge on any atom is -0.388 e. The zero-order chi connectivity index (χ0) is 44.7. The van der Waals surface area contributed by atoms with Gasteiger partial charge in [-0.15, -0.1) is 0 Å². The van der Waals surface area contributed by atoms with Crippen LogP contribution in [0.2, 0.25) is 0 Å². The van der Waals surface area contributed by atoms with E-state index < -0.39 is 41.1 Å². The SMILES string of the molecule is CC(C)CCC[C@@H](C)CCC[C@@H](C)CCC[C@@H](C)CCOC[C@@H](COP(=O)(O)OC[C@H](O)COP(=O)(O)O)OCC[C@H](C)CCC[C@H](C)CCC[C@H](C)CCCC(C)C. The van der Waals surface area contributed by atoms with Crippen LogP contribution in [0.15, 0.2) is 0 Å². The molecular weight excluding hydrogens is 790 g/mol. The molecule has 9 atom stereocenters. The number of rotatable bonds is 42. The molecule has 1 unspecified atom stereocenters. The summed E-state index contributed by atoms with van der Waals surface area (Å²) in [4.78, 5) is 27.8. The molecule has 0 heterocycles. The maximum atomic E-state index is 12.6. The Morgan fingerprint density at radius 3 is 1.10 bits per heavy atom. The Kier molecular flexibility index (Phi) is 35.5. The lowest BCUT2D eigenvalue weighted by molar-refractivity contribution is -0.0492. The highest BCUT2D eigenvalue weighted by Gasteiger charge is 2.27. The number of hydrogen-bond donors (Lipinski definition) is 4. The van der Waals surface area contributed by atoms with Crippen molar-refractivity contribution in [3.05, 3.63) is 0 Å². The Morgan fingerprint density at radius 1 is 0.407 bits per heavy atom. The monoisotopic (exact) mass is 887 g/mol. The molecule has 0 bridgehead atoms. The van der Waals surface area contributed by atoms with Gasteiger partial charge in [-0.25, -0.2) is 9.13 Å². The average Bonchev–Trinajstić information content (AvgIpc) is 3.13. The van der Waals surface area contributed by atoms with Crippen molar-refractivity contribution >= 4 is 15.6 Å². The quantitative estimate of drug-likeness (QED) is 0.0341. The lowest BCUT2D eigenvalue weighted by Crippen LogP contribution is -2.27. The van der Waals surface area contributed by atoms with Crippen molar-refractivity contribution in [2.45, 2.75) is 210 Å². The normalized spacial score (nSPS) is 17.8. The first-order chi connectivity index (χ1) is 27.7. The van der Waals surface area contributed by atoms with E-state index in [4.69, 9.17) is 28.3 Å². The molecule has 4 N–H and O–H groups in total. The van der Waals surface area contributed by atoms with Gasteiger partial charge in [0.2, 0.25) is 0 Å². The smallest absolute Gasteiger partial charge is 0.388 e. The van der Waals surface area contributed by atoms with Gasteiger partial charge in [0.25, 0.3) is 0 Å². The zero-order valence-electron chi connectivity index (χ0n) is 39.7. The highest BCUT2D eigenvalue weighted by molar-refractivity contribution is 7.47. The van der Waals surface area contributed by atoms with Crippen LogP contribution in [0.5, 0.6) is 0 Å². The van der Waals surface area contributed by atoms with Crippen molar-refractivity contribution in [2.75, 3.05) is 39.6 Å². The molecular formula is C46H96O11P2. The van der Waals surface area contributed by atoms with Gasteiger partial charge in [0, 0.05) is 13.2 Å². The Labute approximate surface area is 363 Å². The first-order valence-corrected chi connectivity index (χ1v) is 26.9. The summed E-state index contributed by atoms with van der Waals surface area (Å²) in [6.45, 7) is 22.8. The largest absolute Gasteiger partial charge is 0.472 e. The predicted molar refractivity (Wildman–Crippen MR) is 243 cm³/mol. The van der Waals surface area contributed by atoms with Crippen LogP contribution in [0.3, 0.4) is 0 Å². The number of ether oxygens (including phenoxy) is 2. The Hall–Kier alpha value is 0.1000. The standard InChI is InChI=1S/C46H96O11P2/c1-37(2)17-11-19-39(5)21-13-23-41(7)25-15-27-43(9)29-31-53-35-46(36-57-59(51,52)56-34-45(47)33-55-58(48,49)50)54-32-30-44(10)28-16-26-42(8)24-14-22-40(6)20-12-18-38(3)4/h37-47H,11-36H2,1-10H3,(H,51,52)(H2,48,49,50)/t39-,40-,41-,42-,43-,44-,45-,46+/m1/s1. The van der Waals surface area contributed by atoms with Gasteiger partial charge in [0.05, 0.1) is 26.4 Å². The molecule has 0 radical (unpaired) electrons. The van der Waals surface area contributed by atoms with Crippen LogP contribution in [-0.4, -0.2) is 71.6 Å². The van der Waals surface area contributed by atoms with E-state index in [0.717, 1.165) is 61.2 Å². The minimum atomic E-state index is -4.80. The van der Waals surface area contributed by atoms with Crippen LogP contribution in [0, 0.1) is 47.3 Å². The van der Waals surface area contributed by atoms with Crippen molar-refractivity contribution in [2.24, 2.45) is 47.3 Å². The van der Waals surface area contributed by atoms with Gasteiger partial charge < -0.3 is 29.3 Å². The van der Waals surface area contributed by atoms with Crippen LogP contribution in [-0.2, 0) is 32.2 Å². The fourth-order valence-corrected chi connectivity index (χ4v) is 8.74. The Morgan fingerprint density at radius 2 is 0.729 bits per heavy atom. The lowest BCUT2D eigenvalue weighted by atomic mass is 9.91. The molecule has 0 aromatic rings. The van der Waals surface area contributed by atoms with Gasteiger partial charge in [0.1, 0.15) is 12.2 Å². The molecule has 0 amide bonds. The molecule has 0 aromatic heterocycles. The Balaban J connectivity index is 4.69. The number of phosphoric ester groups is 2. The molecule has 0 aromatic carbocycles. The van der Waals surface area contributed by atoms with Crippen molar-refractivity contribution in [1.29, 1.82) is 0 Å². The predicted octanol–water partition coefficient (Wildman–Crippen LogP) is 12.9. The fourth-order valence-electron chi connectivity index (χ4n) is 7.58. The van der Waals surface area contributed by atoms with Crippen molar-refractivity contribution in [3.63, 3.8) is 0 Å². The number of aliphatic hydroxyl groups is 1. The van der Waals surface area contributed by atoms with Gasteiger partial charge >= 0.3 is 15.6 Å². The molecule has 0 fully saturated rings. The molecule has 13 heteroatoms. The van der Waals surface area contributed by atoms with E-state index in [-0.39, 0.29) is 13.2 Å². The lowest BCUT2D eigenvalue weighted by Gasteiger charge is -2.22. The number of hydrogen-bond acceptors (Lipinski definition) is 8. The second kappa shape index (κ2) is 35.4. The first-order valence-electron chi connectivity index (χ1n) is 23.9. The molecule has 59 heavy (non-hydrogen) atoms. The van der Waals surface area contributed by atoms with Crippen LogP contribution in [0.4, 0.5) is 0 Å². The maximum Gasteiger partial charge on any atom is 0.472 e. The highest BCUT2D eigenvalue weighted by atomic mass is 31.2. The summed E-state index contributed by atoms with van der Waals surface area (Å²) in [6, 6.07) is 0. The molecule has 0 saturated carbocycles. The summed E-state index contributed by atoms with van der Waals surface area (Å²) in [5, 5.41) is 9.84. The van der Waals surface area contributed by atoms with E-state index in [9.17, 15) is 19.1 Å². The molecule has 0 aliphatic rings. The minimum absolute atomic E-state index is 0.195. The molecule has 0 aliphatic heterocycles. The van der Waals surface area contributed by atoms with Crippen LogP contribution < -0.4 is 0 Å². The summed E-state index contributed by atoms with van der Waals surface area (Å²) < 4.78 is 49.9. The molecule has 0 spiro atoms. The summed E-state index contributed by atoms with van der Waals surface area (Å²) in [5.74, 6) is 5.73. The molecule has 0 rings (SSSR count). The molecule has 356 valence electrons. The van der Waals surface area contributed by atoms with E-state index >= 15 is 0 Å². The van der Waals surface area contributed by atoms with E-state index in [2.05, 4.69) is 73.8 Å². The van der Waals surface area contributed by atoms with Crippen LogP contribution in [0.1, 0.15) is 198 Å². The highest BCUT2D eigenvalue weighted by Crippen LogP contribution is 2.44. The zero-order valence-corrected chi connectivity index (χ0v) is 41.5. The number of phosphoric acid groups is 2. The second-order valence-corrected chi connectivity index (χ2v) is 22.3. The number of aliphatic hydroxyl groups excluding tert-OH is 1. The maximum absolute atomic E-state index is 12.6. The molecule has 0 aliphatic carbocycles. The van der Waals surface area contributed by atoms with E-state index in [1.807, 2.05) is 0 Å². The third-order valence-electron chi connectivity index (χ3n) is 11.8. The van der Waals surface area contributed by atoms with Gasteiger partial charge in [-0.05, 0) is 60.2 Å². The summed E-state index contributed by atoms with van der Waals surface area (Å²) in [5.41, 5.74) is 0. The summed E-state index contributed by atoms with van der Waals surface area (Å²) >= 11 is 0. The molecule has 11 nitrogen and oxygen atoms in total. The fraction of sp³-hybridized carbons (Fsp3) is 1.00. The van der Waals surface area contributed by atoms with E-state index in [0.29, 0.717) is 25.0 Å². The average molecular weight is 887 g/mol. The second-order valence-electron chi connectivity index (χ2n) is 19.6. The van der Waals surface area contributed by atoms with Crippen LogP contribution >= 0.6 is 15.6 Å². The van der Waals surface area contributed by atoms with Gasteiger partial charge in [0.15, 0.2) is 0 Å². The summed E-state index contributed by atoms with van der Waals surface area (Å²) in [7, 11) is -9.41. The summed E-state index contributed by atoms with van der Waals surface area (Å²) in [6.07, 6.45) is 22.8. The van der Waals surface area contributed by atoms with E-state index in [1.165, 1.54) is 103 Å². The van der Waals surface area contributed by atoms with Gasteiger partial charge in [-0.1, -0.05) is 185 Å². The van der Waals surface area contributed by atoms with Gasteiger partial charge in [-0.3, -0.25) is 13.6 Å². The van der Waals surface area contributed by atoms with Gasteiger partial charge in [-0.2, -0.15) is 0 Å². The third kappa shape index (κ3) is 40.6. The topological polar surface area (TPSA) is 161 Å². The third-order valence-corrected chi connectivity index (χ3v) is 13.3. The first kappa shape index (κ1) is 59.1. The van der Waals surface area contributed by atoms with Crippen molar-refractivity contribution in [3.8, 4) is 0 Å². The van der Waals surface area contributed by atoms with Crippen molar-refractivity contribution < 1.29 is 52.0 Å². The van der Waals surface area contributed by atoms with Crippen molar-refractivity contribution in [1.82, 2.24) is 0 Å². The van der Waals surface area contributed by atoms with Crippen LogP contribution in [0.25, 0.3) is 0 Å².